The van der Waals surface area contributed by atoms with E-state index in [1.165, 1.54) is 11.3 Å². The summed E-state index contributed by atoms with van der Waals surface area (Å²) in [6.45, 7) is 2.34. The number of nitrogens with zero attached hydrogens (tertiary/aromatic N) is 5. The number of hydrogen-bond donors (Lipinski definition) is 2. The molecule has 9 heteroatoms. The normalized spacial score (nSPS) is 11.4. The van der Waals surface area contributed by atoms with Crippen molar-refractivity contribution < 1.29 is 4.79 Å². The summed E-state index contributed by atoms with van der Waals surface area (Å²) >= 11 is 1.44. The van der Waals surface area contributed by atoms with E-state index < -0.39 is 0 Å². The monoisotopic (exact) mass is 491 g/mol. The Morgan fingerprint density at radius 2 is 1.97 bits per heavy atom. The van der Waals surface area contributed by atoms with Crippen LogP contribution in [0.3, 0.4) is 0 Å². The van der Waals surface area contributed by atoms with Crippen molar-refractivity contribution in [2.24, 2.45) is 0 Å². The van der Waals surface area contributed by atoms with Crippen LogP contribution in [-0.4, -0.2) is 54.9 Å². The van der Waals surface area contributed by atoms with E-state index in [2.05, 4.69) is 43.3 Å². The maximum Gasteiger partial charge on any atom is 0.169 e. The number of imidazole rings is 1. The molecule has 0 radical (unpaired) electrons. The molecule has 1 aromatic carbocycles. The third-order valence-electron chi connectivity index (χ3n) is 5.82. The average Bonchev–Trinajstić information content (AvgIpc) is 3.60. The minimum Gasteiger partial charge on any atom is -0.335 e. The number of aromatic nitrogens is 6. The summed E-state index contributed by atoms with van der Waals surface area (Å²) in [6, 6.07) is 18.0. The average molecular weight is 492 g/mol. The lowest BCUT2D eigenvalue weighted by Gasteiger charge is -2.08. The van der Waals surface area contributed by atoms with E-state index >= 15 is 0 Å². The fraction of sp³-hybridized carbons (Fsp3) is 0.148. The van der Waals surface area contributed by atoms with Crippen LogP contribution in [0.2, 0.25) is 0 Å². The van der Waals surface area contributed by atoms with Gasteiger partial charge in [0.2, 0.25) is 0 Å². The molecule has 36 heavy (non-hydrogen) atoms. The van der Waals surface area contributed by atoms with E-state index in [4.69, 9.17) is 9.97 Å². The van der Waals surface area contributed by atoms with Gasteiger partial charge in [0.25, 0.3) is 0 Å². The smallest absolute Gasteiger partial charge is 0.169 e. The van der Waals surface area contributed by atoms with E-state index in [0.29, 0.717) is 16.4 Å². The molecule has 6 rings (SSSR count). The van der Waals surface area contributed by atoms with E-state index in [0.717, 1.165) is 55.9 Å². The number of aromatic amines is 2. The molecular weight excluding hydrogens is 470 g/mol. The lowest BCUT2D eigenvalue weighted by molar-refractivity contribution is 0.102. The summed E-state index contributed by atoms with van der Waals surface area (Å²) in [7, 11) is 4.05. The van der Waals surface area contributed by atoms with Gasteiger partial charge in [0.05, 0.1) is 27.8 Å². The minimum absolute atomic E-state index is 0.0433. The number of carbonyl (C=O) groups is 1. The van der Waals surface area contributed by atoms with Gasteiger partial charge in [0.15, 0.2) is 17.3 Å². The highest BCUT2D eigenvalue weighted by Crippen LogP contribution is 2.34. The van der Waals surface area contributed by atoms with Gasteiger partial charge in [0, 0.05) is 34.3 Å². The zero-order valence-electron chi connectivity index (χ0n) is 19.9. The second-order valence-corrected chi connectivity index (χ2v) is 9.91. The second kappa shape index (κ2) is 8.68. The van der Waals surface area contributed by atoms with Crippen LogP contribution in [0.5, 0.6) is 0 Å². The van der Waals surface area contributed by atoms with E-state index in [-0.39, 0.29) is 5.78 Å². The molecule has 0 fully saturated rings. The molecule has 2 N–H and O–H groups in total. The van der Waals surface area contributed by atoms with Crippen molar-refractivity contribution in [3.63, 3.8) is 0 Å². The van der Waals surface area contributed by atoms with Gasteiger partial charge < -0.3 is 9.88 Å². The third-order valence-corrected chi connectivity index (χ3v) is 7.04. The predicted octanol–water partition coefficient (Wildman–Crippen LogP) is 5.16. The largest absolute Gasteiger partial charge is 0.335 e. The maximum atomic E-state index is 11.8. The van der Waals surface area contributed by atoms with Crippen molar-refractivity contribution in [3.8, 4) is 33.2 Å². The van der Waals surface area contributed by atoms with E-state index in [9.17, 15) is 4.79 Å². The molecule has 0 aliphatic heterocycles. The molecule has 6 aromatic rings. The first-order valence-corrected chi connectivity index (χ1v) is 12.2. The van der Waals surface area contributed by atoms with Crippen LogP contribution < -0.4 is 0 Å². The van der Waals surface area contributed by atoms with Crippen LogP contribution in [0.25, 0.3) is 55.3 Å². The Morgan fingerprint density at radius 3 is 2.78 bits per heavy atom. The molecule has 176 valence electrons. The summed E-state index contributed by atoms with van der Waals surface area (Å²) in [5, 5.41) is 7.58. The van der Waals surface area contributed by atoms with Crippen molar-refractivity contribution in [1.82, 2.24) is 35.0 Å². The number of H-pyrrole nitrogens is 2. The first-order valence-electron chi connectivity index (χ1n) is 11.3. The Balaban J connectivity index is 1.43. The number of hydrogen-bond acceptors (Lipinski definition) is 7. The third kappa shape index (κ3) is 3.92. The predicted molar refractivity (Wildman–Crippen MR) is 141 cm³/mol. The molecule has 5 aromatic heterocycles. The van der Waals surface area contributed by atoms with Crippen molar-refractivity contribution in [2.75, 3.05) is 14.1 Å². The van der Waals surface area contributed by atoms with Gasteiger partial charge in [-0.2, -0.15) is 5.10 Å². The molecule has 0 amide bonds. The molecule has 0 bridgehead atoms. The molecule has 5 heterocycles. The first kappa shape index (κ1) is 22.1. The number of rotatable bonds is 6. The number of nitrogens with one attached hydrogen (secondary N) is 2. The fourth-order valence-corrected chi connectivity index (χ4v) is 5.08. The first-order chi connectivity index (χ1) is 17.5. The number of fused-ring (bicyclic) bond motifs is 2. The van der Waals surface area contributed by atoms with Gasteiger partial charge in [-0.3, -0.25) is 14.9 Å². The lowest BCUT2D eigenvalue weighted by atomic mass is 10.1. The van der Waals surface area contributed by atoms with Gasteiger partial charge in [-0.05, 0) is 57.4 Å². The van der Waals surface area contributed by atoms with Gasteiger partial charge in [-0.1, -0.05) is 12.1 Å². The summed E-state index contributed by atoms with van der Waals surface area (Å²) in [5.41, 5.74) is 7.43. The number of ketones is 1. The molecule has 0 aliphatic rings. The molecule has 8 nitrogen and oxygen atoms in total. The summed E-state index contributed by atoms with van der Waals surface area (Å²) in [6.07, 6.45) is 3.51. The zero-order valence-corrected chi connectivity index (χ0v) is 20.7. The lowest BCUT2D eigenvalue weighted by Crippen LogP contribution is -2.10. The summed E-state index contributed by atoms with van der Waals surface area (Å²) in [4.78, 5) is 33.0. The highest BCUT2D eigenvalue weighted by molar-refractivity contribution is 7.17. The Bertz CT molecular complexity index is 1740. The van der Waals surface area contributed by atoms with Gasteiger partial charge in [0.1, 0.15) is 11.0 Å². The molecule has 0 spiro atoms. The van der Waals surface area contributed by atoms with Gasteiger partial charge in [-0.25, -0.2) is 9.97 Å². The molecule has 0 unspecified atom stereocenters. The highest BCUT2D eigenvalue weighted by atomic mass is 32.1. The van der Waals surface area contributed by atoms with Gasteiger partial charge >= 0.3 is 0 Å². The fourth-order valence-electron chi connectivity index (χ4n) is 4.17. The van der Waals surface area contributed by atoms with E-state index in [1.807, 2.05) is 44.4 Å². The maximum absolute atomic E-state index is 11.8. The summed E-state index contributed by atoms with van der Waals surface area (Å²) < 4.78 is 0. The van der Waals surface area contributed by atoms with Crippen molar-refractivity contribution >= 4 is 39.2 Å². The van der Waals surface area contributed by atoms with Crippen LogP contribution in [0, 0.1) is 12.1 Å². The molecular formula is C27H21N7OS. The standard InChI is InChI=1S/C27H21N7OS/c1-15(35)22-9-10-23(36-22)18-12-28-13-21-24(18)31-27(30-21)26-25-20(32-33-26)8-7-19(29-25)17-6-4-5-16(11-17)14-34(2)3/h6-13H,14H2,1-3H3,(H,30,31)(H,32,33). The Hall–Kier alpha value is -4.39. The van der Waals surface area contributed by atoms with Crippen molar-refractivity contribution in [3.05, 3.63) is 71.4 Å². The molecule has 0 saturated carbocycles. The SMILES string of the molecule is CC(=O)c1ccc(-c2cncc3[nH]c(-c4n[nH]c5ccc(-c6cc#cc(CN(C)C)c6)nc45)nc23)s1. The van der Waals surface area contributed by atoms with E-state index in [1.54, 1.807) is 19.3 Å². The van der Waals surface area contributed by atoms with Crippen LogP contribution in [0.15, 0.2) is 48.8 Å². The van der Waals surface area contributed by atoms with Crippen molar-refractivity contribution in [1.29, 1.82) is 0 Å². The quantitative estimate of drug-likeness (QED) is 0.312. The second-order valence-electron chi connectivity index (χ2n) is 8.83. The summed E-state index contributed by atoms with van der Waals surface area (Å²) in [5.74, 6) is 0.640. The van der Waals surface area contributed by atoms with Gasteiger partial charge in [-0.15, -0.1) is 11.3 Å². The van der Waals surface area contributed by atoms with Crippen molar-refractivity contribution in [2.45, 2.75) is 13.5 Å². The number of carbonyl (C=O) groups excluding carboxylic acids is 1. The minimum atomic E-state index is 0.0433. The zero-order chi connectivity index (χ0) is 24.8. The van der Waals surface area contributed by atoms with Crippen LogP contribution in [0.1, 0.15) is 22.2 Å². The number of Topliss-reactive ketones (excluding diaryl/α,β-unsaturated/α-hetero) is 1. The number of thiophene rings is 1. The Labute approximate surface area is 211 Å². The van der Waals surface area contributed by atoms with Crippen LogP contribution in [0.4, 0.5) is 0 Å². The highest BCUT2D eigenvalue weighted by Gasteiger charge is 2.18. The molecule has 0 saturated heterocycles. The molecule has 0 atom stereocenters. The van der Waals surface area contributed by atoms with Crippen LogP contribution >= 0.6 is 11.3 Å². The van der Waals surface area contributed by atoms with Crippen LogP contribution in [-0.2, 0) is 6.54 Å². The Kier molecular flexibility index (Phi) is 5.33. The Morgan fingerprint density at radius 1 is 1.08 bits per heavy atom. The molecule has 0 aliphatic carbocycles. The topological polar surface area (TPSA) is 103 Å². The number of pyridine rings is 2.